The molecule has 1 atom stereocenters. The van der Waals surface area contributed by atoms with E-state index in [2.05, 4.69) is 5.32 Å². The third-order valence-corrected chi connectivity index (χ3v) is 3.77. The minimum Gasteiger partial charge on any atom is -0.343 e. The molecule has 3 nitrogen and oxygen atoms in total. The summed E-state index contributed by atoms with van der Waals surface area (Å²) in [6, 6.07) is 7.23. The van der Waals surface area contributed by atoms with Crippen LogP contribution in [-0.2, 0) is 4.79 Å². The molecule has 1 aliphatic rings. The van der Waals surface area contributed by atoms with Crippen LogP contribution in [0.5, 0.6) is 0 Å². The number of piperidine rings is 1. The molecule has 0 aliphatic carbocycles. The molecule has 0 saturated carbocycles. The second-order valence-corrected chi connectivity index (χ2v) is 5.22. The molecule has 19 heavy (non-hydrogen) atoms. The summed E-state index contributed by atoms with van der Waals surface area (Å²) in [7, 11) is 0. The number of carbonyl (C=O) groups excluding carboxylic acids is 1. The molecule has 0 radical (unpaired) electrons. The second kappa shape index (κ2) is 6.15. The molecule has 1 saturated heterocycles. The van der Waals surface area contributed by atoms with Gasteiger partial charge in [0.1, 0.15) is 5.82 Å². The molecule has 0 bridgehead atoms. The fraction of sp³-hybridized carbons (Fsp3) is 0.533. The van der Waals surface area contributed by atoms with Gasteiger partial charge >= 0.3 is 0 Å². The second-order valence-electron chi connectivity index (χ2n) is 5.22. The predicted molar refractivity (Wildman–Crippen MR) is 73.2 cm³/mol. The van der Waals surface area contributed by atoms with Gasteiger partial charge in [0.15, 0.2) is 0 Å². The van der Waals surface area contributed by atoms with E-state index in [0.717, 1.165) is 31.5 Å². The summed E-state index contributed by atoms with van der Waals surface area (Å²) in [5.74, 6) is -0.0471. The third kappa shape index (κ3) is 3.77. The van der Waals surface area contributed by atoms with Crippen molar-refractivity contribution in [2.24, 2.45) is 0 Å². The minimum atomic E-state index is -0.197. The lowest BCUT2D eigenvalue weighted by atomic mass is 10.0. The van der Waals surface area contributed by atoms with E-state index in [-0.39, 0.29) is 17.8 Å². The number of benzene rings is 1. The van der Waals surface area contributed by atoms with Gasteiger partial charge in [0.25, 0.3) is 0 Å². The molecule has 4 heteroatoms. The van der Waals surface area contributed by atoms with Crippen molar-refractivity contribution >= 4 is 5.91 Å². The molecule has 1 N–H and O–H groups in total. The van der Waals surface area contributed by atoms with Crippen molar-refractivity contribution in [2.45, 2.75) is 38.8 Å². The molecule has 104 valence electrons. The maximum atomic E-state index is 13.2. The number of amides is 1. The summed E-state index contributed by atoms with van der Waals surface area (Å²) in [5.41, 5.74) is 0.967. The molecular weight excluding hydrogens is 243 g/mol. The van der Waals surface area contributed by atoms with Crippen LogP contribution >= 0.6 is 0 Å². The van der Waals surface area contributed by atoms with E-state index in [4.69, 9.17) is 0 Å². The summed E-state index contributed by atoms with van der Waals surface area (Å²) in [6.07, 6.45) is 1.92. The molecule has 1 aliphatic heterocycles. The molecule has 1 aromatic rings. The topological polar surface area (TPSA) is 32.3 Å². The fourth-order valence-electron chi connectivity index (χ4n) is 2.59. The maximum Gasteiger partial charge on any atom is 0.219 e. The molecule has 1 aromatic carbocycles. The summed E-state index contributed by atoms with van der Waals surface area (Å²) in [6.45, 7) is 5.28. The van der Waals surface area contributed by atoms with Crippen molar-refractivity contribution < 1.29 is 9.18 Å². The zero-order chi connectivity index (χ0) is 13.8. The zero-order valence-electron chi connectivity index (χ0n) is 11.5. The zero-order valence-corrected chi connectivity index (χ0v) is 11.5. The van der Waals surface area contributed by atoms with Crippen LogP contribution in [0.2, 0.25) is 0 Å². The van der Waals surface area contributed by atoms with Crippen molar-refractivity contribution in [3.05, 3.63) is 35.6 Å². The van der Waals surface area contributed by atoms with Crippen molar-refractivity contribution in [3.8, 4) is 0 Å². The Bertz CT molecular complexity index is 442. The van der Waals surface area contributed by atoms with Crippen LogP contribution in [0.3, 0.4) is 0 Å². The Kier molecular flexibility index (Phi) is 4.53. The number of hydrogen-bond donors (Lipinski definition) is 1. The van der Waals surface area contributed by atoms with Gasteiger partial charge in [-0.2, -0.15) is 0 Å². The standard InChI is InChI=1S/C15H21FN2O/c1-11(13-4-3-5-14(16)10-13)17-15-6-8-18(9-7-15)12(2)19/h3-5,10-11,15,17H,6-9H2,1-2H3. The molecular formula is C15H21FN2O. The Balaban J connectivity index is 1.87. The van der Waals surface area contributed by atoms with Crippen LogP contribution in [0.15, 0.2) is 24.3 Å². The van der Waals surface area contributed by atoms with E-state index in [9.17, 15) is 9.18 Å². The third-order valence-electron chi connectivity index (χ3n) is 3.77. The van der Waals surface area contributed by atoms with E-state index >= 15 is 0 Å². The van der Waals surface area contributed by atoms with Gasteiger partial charge in [0.2, 0.25) is 5.91 Å². The minimum absolute atomic E-state index is 0.129. The van der Waals surface area contributed by atoms with E-state index in [1.165, 1.54) is 6.07 Å². The van der Waals surface area contributed by atoms with Gasteiger partial charge in [-0.05, 0) is 37.5 Å². The molecule has 1 unspecified atom stereocenters. The normalized spacial score (nSPS) is 18.4. The van der Waals surface area contributed by atoms with Crippen LogP contribution in [-0.4, -0.2) is 29.9 Å². The van der Waals surface area contributed by atoms with Crippen LogP contribution in [0.25, 0.3) is 0 Å². The number of hydrogen-bond acceptors (Lipinski definition) is 2. The first kappa shape index (κ1) is 14.0. The van der Waals surface area contributed by atoms with Crippen LogP contribution < -0.4 is 5.32 Å². The van der Waals surface area contributed by atoms with Gasteiger partial charge in [-0.15, -0.1) is 0 Å². The summed E-state index contributed by atoms with van der Waals surface area (Å²) >= 11 is 0. The van der Waals surface area contributed by atoms with Crippen molar-refractivity contribution in [1.29, 1.82) is 0 Å². The number of nitrogens with zero attached hydrogens (tertiary/aromatic N) is 1. The maximum absolute atomic E-state index is 13.2. The number of rotatable bonds is 3. The molecule has 1 heterocycles. The highest BCUT2D eigenvalue weighted by atomic mass is 19.1. The molecule has 1 amide bonds. The average Bonchev–Trinajstić information content (AvgIpc) is 2.39. The van der Waals surface area contributed by atoms with E-state index in [1.807, 2.05) is 17.9 Å². The van der Waals surface area contributed by atoms with E-state index in [0.29, 0.717) is 6.04 Å². The van der Waals surface area contributed by atoms with E-state index < -0.39 is 0 Å². The van der Waals surface area contributed by atoms with Gasteiger partial charge < -0.3 is 10.2 Å². The Morgan fingerprint density at radius 3 is 2.68 bits per heavy atom. The summed E-state index contributed by atoms with van der Waals surface area (Å²) in [5, 5.41) is 3.52. The SMILES string of the molecule is CC(=O)N1CCC(NC(C)c2cccc(F)c2)CC1. The first-order valence-electron chi connectivity index (χ1n) is 6.83. The highest BCUT2D eigenvalue weighted by Crippen LogP contribution is 2.18. The number of likely N-dealkylation sites (tertiary alicyclic amines) is 1. The lowest BCUT2D eigenvalue weighted by Crippen LogP contribution is -2.44. The van der Waals surface area contributed by atoms with Gasteiger partial charge in [0, 0.05) is 32.1 Å². The monoisotopic (exact) mass is 264 g/mol. The first-order chi connectivity index (χ1) is 9.06. The summed E-state index contributed by atoms with van der Waals surface area (Å²) in [4.78, 5) is 13.1. The van der Waals surface area contributed by atoms with Crippen LogP contribution in [0, 0.1) is 5.82 Å². The van der Waals surface area contributed by atoms with Crippen LogP contribution in [0.1, 0.15) is 38.3 Å². The lowest BCUT2D eigenvalue weighted by molar-refractivity contribution is -0.129. The smallest absolute Gasteiger partial charge is 0.219 e. The van der Waals surface area contributed by atoms with Crippen molar-refractivity contribution in [3.63, 3.8) is 0 Å². The molecule has 2 rings (SSSR count). The van der Waals surface area contributed by atoms with E-state index in [1.54, 1.807) is 19.1 Å². The number of nitrogens with one attached hydrogen (secondary N) is 1. The highest BCUT2D eigenvalue weighted by molar-refractivity contribution is 5.73. The predicted octanol–water partition coefficient (Wildman–Crippen LogP) is 2.49. The Labute approximate surface area is 113 Å². The molecule has 0 spiro atoms. The van der Waals surface area contributed by atoms with Gasteiger partial charge in [0.05, 0.1) is 0 Å². The molecule has 1 fully saturated rings. The lowest BCUT2D eigenvalue weighted by Gasteiger charge is -2.33. The Morgan fingerprint density at radius 1 is 1.42 bits per heavy atom. The fourth-order valence-corrected chi connectivity index (χ4v) is 2.59. The van der Waals surface area contributed by atoms with Crippen molar-refractivity contribution in [2.75, 3.05) is 13.1 Å². The summed E-state index contributed by atoms with van der Waals surface area (Å²) < 4.78 is 13.2. The van der Waals surface area contributed by atoms with Crippen molar-refractivity contribution in [1.82, 2.24) is 10.2 Å². The number of carbonyl (C=O) groups is 1. The largest absolute Gasteiger partial charge is 0.343 e. The average molecular weight is 264 g/mol. The quantitative estimate of drug-likeness (QED) is 0.909. The van der Waals surface area contributed by atoms with Gasteiger partial charge in [-0.3, -0.25) is 4.79 Å². The first-order valence-corrected chi connectivity index (χ1v) is 6.83. The Morgan fingerprint density at radius 2 is 2.11 bits per heavy atom. The molecule has 0 aromatic heterocycles. The van der Waals surface area contributed by atoms with Gasteiger partial charge in [-0.1, -0.05) is 12.1 Å². The van der Waals surface area contributed by atoms with Gasteiger partial charge in [-0.25, -0.2) is 4.39 Å². The van der Waals surface area contributed by atoms with Crippen LogP contribution in [0.4, 0.5) is 4.39 Å². The Hall–Kier alpha value is -1.42. The number of halogens is 1. The highest BCUT2D eigenvalue weighted by Gasteiger charge is 2.21.